The van der Waals surface area contributed by atoms with E-state index in [1.807, 2.05) is 12.1 Å². The van der Waals surface area contributed by atoms with Crippen LogP contribution in [0.25, 0.3) is 0 Å². The molecule has 1 atom stereocenters. The number of aliphatic hydroxyl groups is 1. The lowest BCUT2D eigenvalue weighted by atomic mass is 9.94. The maximum Gasteiger partial charge on any atom is 0.225 e. The molecule has 0 aromatic heterocycles. The average molecular weight is 341 g/mol. The van der Waals surface area contributed by atoms with Gasteiger partial charge < -0.3 is 14.9 Å². The third-order valence-corrected chi connectivity index (χ3v) is 5.46. The molecule has 2 fully saturated rings. The average Bonchev–Trinajstić information content (AvgIpc) is 2.68. The SMILES string of the molecule is N#Cc1ccc(C(O)CN2CCC(C(=O)N3CCCCC3)CC2)cc1. The van der Waals surface area contributed by atoms with Crippen molar-refractivity contribution in [2.45, 2.75) is 38.2 Å². The van der Waals surface area contributed by atoms with Crippen LogP contribution in [-0.2, 0) is 4.79 Å². The fourth-order valence-corrected chi connectivity index (χ4v) is 3.86. The summed E-state index contributed by atoms with van der Waals surface area (Å²) < 4.78 is 0. The Hall–Kier alpha value is -1.90. The minimum atomic E-state index is -0.554. The molecular weight excluding hydrogens is 314 g/mol. The van der Waals surface area contributed by atoms with Crippen molar-refractivity contribution in [3.8, 4) is 6.07 Å². The Bertz CT molecular complexity index is 609. The van der Waals surface area contributed by atoms with Crippen LogP contribution in [0, 0.1) is 17.2 Å². The standard InChI is InChI=1S/C20H27N3O2/c21-14-16-4-6-17(7-5-16)19(24)15-22-12-8-18(9-13-22)20(25)23-10-2-1-3-11-23/h4-7,18-19,24H,1-3,8-13,15H2. The van der Waals surface area contributed by atoms with Gasteiger partial charge in [0.15, 0.2) is 0 Å². The first-order valence-corrected chi connectivity index (χ1v) is 9.36. The van der Waals surface area contributed by atoms with Gasteiger partial charge >= 0.3 is 0 Å². The smallest absolute Gasteiger partial charge is 0.225 e. The lowest BCUT2D eigenvalue weighted by molar-refractivity contribution is -0.138. The summed E-state index contributed by atoms with van der Waals surface area (Å²) in [5.74, 6) is 0.494. The molecule has 1 unspecified atom stereocenters. The molecule has 1 N–H and O–H groups in total. The highest BCUT2D eigenvalue weighted by molar-refractivity contribution is 5.79. The summed E-state index contributed by atoms with van der Waals surface area (Å²) in [6.07, 6.45) is 4.74. The number of hydrogen-bond acceptors (Lipinski definition) is 4. The number of carbonyl (C=O) groups is 1. The van der Waals surface area contributed by atoms with Gasteiger partial charge in [0.25, 0.3) is 0 Å². The maximum atomic E-state index is 12.6. The molecular formula is C20H27N3O2. The van der Waals surface area contributed by atoms with E-state index >= 15 is 0 Å². The van der Waals surface area contributed by atoms with Gasteiger partial charge in [-0.25, -0.2) is 0 Å². The molecule has 3 rings (SSSR count). The van der Waals surface area contributed by atoms with Crippen LogP contribution in [0.1, 0.15) is 49.3 Å². The largest absolute Gasteiger partial charge is 0.387 e. The fraction of sp³-hybridized carbons (Fsp3) is 0.600. The van der Waals surface area contributed by atoms with E-state index in [4.69, 9.17) is 5.26 Å². The number of nitriles is 1. The molecule has 0 aliphatic carbocycles. The Morgan fingerprint density at radius 2 is 1.76 bits per heavy atom. The van der Waals surface area contributed by atoms with E-state index in [0.29, 0.717) is 18.0 Å². The zero-order valence-electron chi connectivity index (χ0n) is 14.7. The summed E-state index contributed by atoms with van der Waals surface area (Å²) >= 11 is 0. The van der Waals surface area contributed by atoms with Crippen molar-refractivity contribution in [1.82, 2.24) is 9.80 Å². The van der Waals surface area contributed by atoms with Crippen molar-refractivity contribution >= 4 is 5.91 Å². The van der Waals surface area contributed by atoms with Gasteiger partial charge in [0.2, 0.25) is 5.91 Å². The number of carbonyl (C=O) groups excluding carboxylic acids is 1. The Morgan fingerprint density at radius 1 is 1.12 bits per heavy atom. The van der Waals surface area contributed by atoms with Crippen LogP contribution >= 0.6 is 0 Å². The number of likely N-dealkylation sites (tertiary alicyclic amines) is 2. The minimum Gasteiger partial charge on any atom is -0.387 e. The predicted octanol–water partition coefficient (Wildman–Crippen LogP) is 2.32. The summed E-state index contributed by atoms with van der Waals surface area (Å²) in [5.41, 5.74) is 1.44. The number of piperidine rings is 2. The number of nitrogens with zero attached hydrogens (tertiary/aromatic N) is 3. The molecule has 0 saturated carbocycles. The number of hydrogen-bond donors (Lipinski definition) is 1. The molecule has 2 heterocycles. The topological polar surface area (TPSA) is 67.6 Å². The quantitative estimate of drug-likeness (QED) is 0.912. The van der Waals surface area contributed by atoms with Gasteiger partial charge in [-0.15, -0.1) is 0 Å². The van der Waals surface area contributed by atoms with E-state index in [1.54, 1.807) is 12.1 Å². The number of β-amino-alcohol motifs (C(OH)–C–C–N with tert-alkyl or cyclic N) is 1. The normalized spacial score (nSPS) is 20.9. The van der Waals surface area contributed by atoms with Crippen molar-refractivity contribution in [2.24, 2.45) is 5.92 Å². The molecule has 0 spiro atoms. The van der Waals surface area contributed by atoms with E-state index in [2.05, 4.69) is 15.9 Å². The number of aliphatic hydroxyl groups excluding tert-OH is 1. The summed E-state index contributed by atoms with van der Waals surface area (Å²) in [4.78, 5) is 16.9. The Balaban J connectivity index is 1.46. The van der Waals surface area contributed by atoms with Gasteiger partial charge in [-0.2, -0.15) is 5.26 Å². The molecule has 5 heteroatoms. The van der Waals surface area contributed by atoms with E-state index in [9.17, 15) is 9.90 Å². The third kappa shape index (κ3) is 4.59. The first kappa shape index (κ1) is 17.9. The first-order valence-electron chi connectivity index (χ1n) is 9.36. The van der Waals surface area contributed by atoms with Crippen molar-refractivity contribution < 1.29 is 9.90 Å². The predicted molar refractivity (Wildman–Crippen MR) is 95.7 cm³/mol. The molecule has 25 heavy (non-hydrogen) atoms. The highest BCUT2D eigenvalue weighted by Gasteiger charge is 2.29. The fourth-order valence-electron chi connectivity index (χ4n) is 3.86. The summed E-state index contributed by atoms with van der Waals surface area (Å²) in [7, 11) is 0. The Morgan fingerprint density at radius 3 is 2.36 bits per heavy atom. The zero-order chi connectivity index (χ0) is 17.6. The third-order valence-electron chi connectivity index (χ3n) is 5.46. The molecule has 0 radical (unpaired) electrons. The van der Waals surface area contributed by atoms with Crippen LogP contribution in [0.15, 0.2) is 24.3 Å². The Labute approximate surface area is 149 Å². The molecule has 0 bridgehead atoms. The molecule has 1 amide bonds. The molecule has 2 aliphatic rings. The highest BCUT2D eigenvalue weighted by Crippen LogP contribution is 2.24. The lowest BCUT2D eigenvalue weighted by Gasteiger charge is -2.36. The molecule has 1 aromatic rings. The van der Waals surface area contributed by atoms with Gasteiger partial charge in [-0.1, -0.05) is 12.1 Å². The van der Waals surface area contributed by atoms with E-state index in [0.717, 1.165) is 57.4 Å². The number of amides is 1. The lowest BCUT2D eigenvalue weighted by Crippen LogP contribution is -2.45. The molecule has 2 saturated heterocycles. The van der Waals surface area contributed by atoms with E-state index in [1.165, 1.54) is 6.42 Å². The van der Waals surface area contributed by atoms with Crippen LogP contribution in [0.3, 0.4) is 0 Å². The van der Waals surface area contributed by atoms with Crippen LogP contribution < -0.4 is 0 Å². The van der Waals surface area contributed by atoms with Gasteiger partial charge in [-0.3, -0.25) is 4.79 Å². The van der Waals surface area contributed by atoms with Crippen LogP contribution in [0.5, 0.6) is 0 Å². The van der Waals surface area contributed by atoms with Gasteiger partial charge in [-0.05, 0) is 62.9 Å². The van der Waals surface area contributed by atoms with Crippen LogP contribution in [0.4, 0.5) is 0 Å². The maximum absolute atomic E-state index is 12.6. The first-order chi connectivity index (χ1) is 12.2. The number of benzene rings is 1. The second kappa shape index (κ2) is 8.46. The summed E-state index contributed by atoms with van der Waals surface area (Å²) in [6.45, 7) is 4.15. The van der Waals surface area contributed by atoms with E-state index in [-0.39, 0.29) is 5.92 Å². The molecule has 5 nitrogen and oxygen atoms in total. The van der Waals surface area contributed by atoms with Gasteiger partial charge in [0, 0.05) is 25.6 Å². The number of rotatable bonds is 4. The van der Waals surface area contributed by atoms with Crippen molar-refractivity contribution in [3.63, 3.8) is 0 Å². The molecule has 1 aromatic carbocycles. The second-order valence-corrected chi connectivity index (χ2v) is 7.21. The monoisotopic (exact) mass is 341 g/mol. The summed E-state index contributed by atoms with van der Waals surface area (Å²) in [5, 5.41) is 19.3. The van der Waals surface area contributed by atoms with Gasteiger partial charge in [0.1, 0.15) is 0 Å². The van der Waals surface area contributed by atoms with Crippen molar-refractivity contribution in [2.75, 3.05) is 32.7 Å². The zero-order valence-corrected chi connectivity index (χ0v) is 14.7. The van der Waals surface area contributed by atoms with Crippen LogP contribution in [-0.4, -0.2) is 53.5 Å². The van der Waals surface area contributed by atoms with Gasteiger partial charge in [0.05, 0.1) is 17.7 Å². The second-order valence-electron chi connectivity index (χ2n) is 7.21. The molecule has 2 aliphatic heterocycles. The Kier molecular flexibility index (Phi) is 6.06. The summed E-state index contributed by atoms with van der Waals surface area (Å²) in [6, 6.07) is 9.20. The minimum absolute atomic E-state index is 0.154. The highest BCUT2D eigenvalue weighted by atomic mass is 16.3. The van der Waals surface area contributed by atoms with Crippen molar-refractivity contribution in [1.29, 1.82) is 5.26 Å². The molecule has 134 valence electrons. The van der Waals surface area contributed by atoms with Crippen molar-refractivity contribution in [3.05, 3.63) is 35.4 Å². The van der Waals surface area contributed by atoms with Crippen LogP contribution in [0.2, 0.25) is 0 Å². The van der Waals surface area contributed by atoms with E-state index < -0.39 is 6.10 Å².